The monoisotopic (exact) mass is 400 g/mol. The first kappa shape index (κ1) is 23.1. The molecule has 4 nitrogen and oxygen atoms in total. The van der Waals surface area contributed by atoms with E-state index in [4.69, 9.17) is 14.2 Å². The molecule has 1 fully saturated rings. The van der Waals surface area contributed by atoms with Crippen LogP contribution in [0.5, 0.6) is 11.5 Å². The number of hydrogen-bond donors (Lipinski definition) is 0. The van der Waals surface area contributed by atoms with Gasteiger partial charge in [0.25, 0.3) is 0 Å². The fourth-order valence-corrected chi connectivity index (χ4v) is 4.41. The molecule has 2 rings (SSSR count). The van der Waals surface area contributed by atoms with Gasteiger partial charge < -0.3 is 14.2 Å². The number of carbonyl (C=O) groups is 1. The lowest BCUT2D eigenvalue weighted by atomic mass is 9.68. The van der Waals surface area contributed by atoms with Gasteiger partial charge in [-0.3, -0.25) is 4.79 Å². The molecule has 1 aliphatic rings. The van der Waals surface area contributed by atoms with Crippen molar-refractivity contribution in [3.8, 4) is 11.5 Å². The molecule has 0 spiro atoms. The Morgan fingerprint density at radius 1 is 1.14 bits per heavy atom. The third-order valence-corrected chi connectivity index (χ3v) is 5.87. The third-order valence-electron chi connectivity index (χ3n) is 5.87. The SMILES string of the molecule is C=C(C)C1CCC(=C)C(OC(C)=O)[C@@H]1c1c(OC)cc(CCCCC)cc1OC. The van der Waals surface area contributed by atoms with E-state index in [1.807, 2.05) is 6.92 Å². The van der Waals surface area contributed by atoms with Crippen LogP contribution in [0.1, 0.15) is 69.9 Å². The Morgan fingerprint density at radius 3 is 2.24 bits per heavy atom. The highest BCUT2D eigenvalue weighted by atomic mass is 16.5. The Balaban J connectivity index is 2.59. The van der Waals surface area contributed by atoms with Crippen LogP contribution in [0.4, 0.5) is 0 Å². The zero-order valence-corrected chi connectivity index (χ0v) is 18.7. The molecule has 1 aliphatic carbocycles. The van der Waals surface area contributed by atoms with Gasteiger partial charge in [-0.05, 0) is 61.8 Å². The summed E-state index contributed by atoms with van der Waals surface area (Å²) >= 11 is 0. The molecule has 0 saturated heterocycles. The molecule has 1 saturated carbocycles. The van der Waals surface area contributed by atoms with Crippen LogP contribution in [0.15, 0.2) is 36.4 Å². The highest BCUT2D eigenvalue weighted by Gasteiger charge is 2.42. The average Bonchev–Trinajstić information content (AvgIpc) is 2.68. The first-order valence-electron chi connectivity index (χ1n) is 10.6. The van der Waals surface area contributed by atoms with Crippen LogP contribution < -0.4 is 9.47 Å². The molecule has 0 amide bonds. The fraction of sp³-hybridized carbons (Fsp3) is 0.560. The Labute approximate surface area is 175 Å². The molecule has 4 heteroatoms. The van der Waals surface area contributed by atoms with E-state index in [2.05, 4.69) is 32.2 Å². The molecule has 0 aromatic heterocycles. The third kappa shape index (κ3) is 5.43. The second-order valence-corrected chi connectivity index (χ2v) is 8.08. The second kappa shape index (κ2) is 10.5. The van der Waals surface area contributed by atoms with E-state index >= 15 is 0 Å². The van der Waals surface area contributed by atoms with Crippen molar-refractivity contribution in [2.45, 2.75) is 71.3 Å². The molecule has 0 bridgehead atoms. The van der Waals surface area contributed by atoms with Crippen LogP contribution in [-0.4, -0.2) is 26.3 Å². The van der Waals surface area contributed by atoms with Crippen molar-refractivity contribution in [3.05, 3.63) is 47.6 Å². The summed E-state index contributed by atoms with van der Waals surface area (Å²) in [4.78, 5) is 11.9. The number of ether oxygens (including phenoxy) is 3. The molecule has 2 unspecified atom stereocenters. The normalized spacial score (nSPS) is 21.6. The van der Waals surface area contributed by atoms with Crippen molar-refractivity contribution in [2.24, 2.45) is 5.92 Å². The number of allylic oxidation sites excluding steroid dienone is 1. The molecule has 160 valence electrons. The summed E-state index contributed by atoms with van der Waals surface area (Å²) in [7, 11) is 3.37. The van der Waals surface area contributed by atoms with Gasteiger partial charge in [0.1, 0.15) is 17.6 Å². The number of rotatable bonds is 9. The van der Waals surface area contributed by atoms with E-state index in [-0.39, 0.29) is 17.8 Å². The molecular formula is C25H36O4. The molecule has 0 heterocycles. The maximum Gasteiger partial charge on any atom is 0.303 e. The van der Waals surface area contributed by atoms with Crippen molar-refractivity contribution in [1.29, 1.82) is 0 Å². The van der Waals surface area contributed by atoms with E-state index in [1.54, 1.807) is 14.2 Å². The number of benzene rings is 1. The Kier molecular flexibility index (Phi) is 8.36. The van der Waals surface area contributed by atoms with E-state index < -0.39 is 6.10 Å². The van der Waals surface area contributed by atoms with Crippen LogP contribution in [0.3, 0.4) is 0 Å². The minimum Gasteiger partial charge on any atom is -0.496 e. The molecule has 3 atom stereocenters. The van der Waals surface area contributed by atoms with Crippen molar-refractivity contribution in [3.63, 3.8) is 0 Å². The van der Waals surface area contributed by atoms with Crippen LogP contribution >= 0.6 is 0 Å². The Hall–Kier alpha value is -2.23. The Morgan fingerprint density at radius 2 is 1.76 bits per heavy atom. The van der Waals surface area contributed by atoms with Crippen molar-refractivity contribution < 1.29 is 19.0 Å². The number of hydrogen-bond acceptors (Lipinski definition) is 4. The summed E-state index contributed by atoms with van der Waals surface area (Å²) in [6.45, 7) is 14.1. The summed E-state index contributed by atoms with van der Waals surface area (Å²) in [5, 5.41) is 0. The lowest BCUT2D eigenvalue weighted by Crippen LogP contribution is -2.36. The largest absolute Gasteiger partial charge is 0.496 e. The zero-order valence-electron chi connectivity index (χ0n) is 18.7. The van der Waals surface area contributed by atoms with Crippen molar-refractivity contribution >= 4 is 5.97 Å². The molecule has 0 radical (unpaired) electrons. The summed E-state index contributed by atoms with van der Waals surface area (Å²) < 4.78 is 17.4. The lowest BCUT2D eigenvalue weighted by Gasteiger charge is -2.40. The van der Waals surface area contributed by atoms with Gasteiger partial charge in [-0.15, -0.1) is 0 Å². The number of methoxy groups -OCH3 is 2. The summed E-state index contributed by atoms with van der Waals surface area (Å²) in [6, 6.07) is 4.20. The van der Waals surface area contributed by atoms with Gasteiger partial charge in [-0.2, -0.15) is 0 Å². The molecule has 29 heavy (non-hydrogen) atoms. The predicted octanol–water partition coefficient (Wildman–Crippen LogP) is 5.99. The first-order valence-corrected chi connectivity index (χ1v) is 10.6. The standard InChI is InChI=1S/C25H36O4/c1-8-9-10-11-19-14-21(27-6)24(22(15-19)28-7)23-20(16(2)3)13-12-17(4)25(23)29-18(5)26/h14-15,20,23,25H,2,4,8-13H2,1,3,5-7H3/t20?,23-,25?/m0/s1. The van der Waals surface area contributed by atoms with Crippen LogP contribution in [0, 0.1) is 5.92 Å². The maximum absolute atomic E-state index is 11.9. The molecule has 0 aliphatic heterocycles. The topological polar surface area (TPSA) is 44.8 Å². The van der Waals surface area contributed by atoms with E-state index in [1.165, 1.54) is 25.3 Å². The summed E-state index contributed by atoms with van der Waals surface area (Å²) in [6.07, 6.45) is 5.80. The first-order chi connectivity index (χ1) is 13.8. The van der Waals surface area contributed by atoms with Gasteiger partial charge in [0.2, 0.25) is 0 Å². The van der Waals surface area contributed by atoms with Gasteiger partial charge in [0, 0.05) is 18.4 Å². The molecule has 1 aromatic rings. The smallest absolute Gasteiger partial charge is 0.303 e. The van der Waals surface area contributed by atoms with E-state index in [9.17, 15) is 4.79 Å². The highest BCUT2D eigenvalue weighted by molar-refractivity contribution is 5.67. The molecule has 0 N–H and O–H groups in total. The minimum atomic E-state index is -0.420. The summed E-state index contributed by atoms with van der Waals surface area (Å²) in [5.74, 6) is 1.27. The fourth-order valence-electron chi connectivity index (χ4n) is 4.41. The minimum absolute atomic E-state index is 0.132. The Bertz CT molecular complexity index is 724. The highest BCUT2D eigenvalue weighted by Crippen LogP contribution is 2.50. The van der Waals surface area contributed by atoms with Gasteiger partial charge >= 0.3 is 5.97 Å². The van der Waals surface area contributed by atoms with Crippen LogP contribution in [-0.2, 0) is 16.0 Å². The predicted molar refractivity (Wildman–Crippen MR) is 118 cm³/mol. The number of esters is 1. The summed E-state index contributed by atoms with van der Waals surface area (Å²) in [5.41, 5.74) is 4.13. The zero-order chi connectivity index (χ0) is 21.6. The second-order valence-electron chi connectivity index (χ2n) is 8.08. The number of carbonyl (C=O) groups excluding carboxylic acids is 1. The van der Waals surface area contributed by atoms with Crippen molar-refractivity contribution in [2.75, 3.05) is 14.2 Å². The van der Waals surface area contributed by atoms with Gasteiger partial charge in [0.05, 0.1) is 14.2 Å². The molecular weight excluding hydrogens is 364 g/mol. The molecule has 1 aromatic carbocycles. The average molecular weight is 401 g/mol. The quantitative estimate of drug-likeness (QED) is 0.290. The van der Waals surface area contributed by atoms with E-state index in [0.717, 1.165) is 53.9 Å². The van der Waals surface area contributed by atoms with Crippen LogP contribution in [0.25, 0.3) is 0 Å². The van der Waals surface area contributed by atoms with Gasteiger partial charge in [-0.1, -0.05) is 38.5 Å². The number of aryl methyl sites for hydroxylation is 1. The maximum atomic E-state index is 11.9. The van der Waals surface area contributed by atoms with Gasteiger partial charge in [0.15, 0.2) is 0 Å². The van der Waals surface area contributed by atoms with Gasteiger partial charge in [-0.25, -0.2) is 0 Å². The number of unbranched alkanes of at least 4 members (excludes halogenated alkanes) is 2. The van der Waals surface area contributed by atoms with Crippen LogP contribution in [0.2, 0.25) is 0 Å². The lowest BCUT2D eigenvalue weighted by molar-refractivity contribution is -0.146. The van der Waals surface area contributed by atoms with E-state index in [0.29, 0.717) is 0 Å². The van der Waals surface area contributed by atoms with Crippen molar-refractivity contribution in [1.82, 2.24) is 0 Å².